The summed E-state index contributed by atoms with van der Waals surface area (Å²) in [4.78, 5) is 27.1. The van der Waals surface area contributed by atoms with Crippen LogP contribution >= 0.6 is 0 Å². The highest BCUT2D eigenvalue weighted by molar-refractivity contribution is 6.03. The maximum Gasteiger partial charge on any atom is 0.234 e. The summed E-state index contributed by atoms with van der Waals surface area (Å²) in [5, 5.41) is 11.6. The zero-order chi connectivity index (χ0) is 16.0. The summed E-state index contributed by atoms with van der Waals surface area (Å²) >= 11 is 0. The van der Waals surface area contributed by atoms with E-state index < -0.39 is 17.4 Å². The van der Waals surface area contributed by atoms with Crippen LogP contribution in [0.15, 0.2) is 42.5 Å². The van der Waals surface area contributed by atoms with E-state index >= 15 is 0 Å². The van der Waals surface area contributed by atoms with Crippen LogP contribution < -0.4 is 10.2 Å². The van der Waals surface area contributed by atoms with Gasteiger partial charge in [0, 0.05) is 12.2 Å². The number of nitrogens with one attached hydrogen (secondary N) is 1. The molecule has 4 rings (SSSR count). The van der Waals surface area contributed by atoms with E-state index in [4.69, 9.17) is 9.84 Å². The summed E-state index contributed by atoms with van der Waals surface area (Å²) in [6, 6.07) is 9.43. The molecule has 2 N–H and O–H groups in total. The quantitative estimate of drug-likeness (QED) is 0.772. The monoisotopic (exact) mass is 314 g/mol. The predicted molar refractivity (Wildman–Crippen MR) is 82.6 cm³/mol. The Kier molecular flexibility index (Phi) is 3.25. The van der Waals surface area contributed by atoms with Crippen LogP contribution in [0.25, 0.3) is 0 Å². The van der Waals surface area contributed by atoms with E-state index in [9.17, 15) is 9.59 Å². The lowest BCUT2D eigenvalue weighted by atomic mass is 9.77. The number of hydrogen-bond donors (Lipinski definition) is 2. The van der Waals surface area contributed by atoms with Crippen LogP contribution in [0, 0.1) is 11.8 Å². The number of aliphatic hydroxyl groups excluding tert-OH is 1. The van der Waals surface area contributed by atoms with E-state index in [1.54, 1.807) is 4.90 Å². The topological polar surface area (TPSA) is 78.9 Å². The maximum atomic E-state index is 12.9. The van der Waals surface area contributed by atoms with Gasteiger partial charge in [-0.05, 0) is 12.1 Å². The molecule has 2 bridgehead atoms. The second-order valence-corrected chi connectivity index (χ2v) is 6.17. The Bertz CT molecular complexity index is 674. The number of nitrogens with zero attached hydrogens (tertiary/aromatic N) is 1. The minimum Gasteiger partial charge on any atom is -0.395 e. The van der Waals surface area contributed by atoms with Gasteiger partial charge >= 0.3 is 0 Å². The molecule has 1 aromatic carbocycles. The van der Waals surface area contributed by atoms with Crippen LogP contribution in [0.3, 0.4) is 0 Å². The molecule has 2 amide bonds. The summed E-state index contributed by atoms with van der Waals surface area (Å²) in [6.07, 6.45) is 3.45. The summed E-state index contributed by atoms with van der Waals surface area (Å²) < 4.78 is 6.02. The molecule has 0 saturated carbocycles. The third-order valence-electron chi connectivity index (χ3n) is 4.88. The summed E-state index contributed by atoms with van der Waals surface area (Å²) in [6.45, 7) is 0.485. The first-order chi connectivity index (χ1) is 11.2. The van der Waals surface area contributed by atoms with Gasteiger partial charge in [-0.1, -0.05) is 30.4 Å². The number of carbonyl (C=O) groups is 2. The van der Waals surface area contributed by atoms with Gasteiger partial charge in [-0.25, -0.2) is 0 Å². The number of amides is 2. The molecule has 2 fully saturated rings. The second kappa shape index (κ2) is 5.18. The third-order valence-corrected chi connectivity index (χ3v) is 4.88. The Morgan fingerprint density at radius 3 is 2.91 bits per heavy atom. The largest absolute Gasteiger partial charge is 0.395 e. The van der Waals surface area contributed by atoms with Crippen molar-refractivity contribution >= 4 is 17.5 Å². The molecule has 3 aliphatic rings. The number of benzene rings is 1. The van der Waals surface area contributed by atoms with Gasteiger partial charge in [0.1, 0.15) is 5.60 Å². The molecule has 0 aliphatic carbocycles. The Balaban J connectivity index is 1.65. The fourth-order valence-corrected chi connectivity index (χ4v) is 3.92. The predicted octanol–water partition coefficient (Wildman–Crippen LogP) is 0.0815. The van der Waals surface area contributed by atoms with Gasteiger partial charge in [0.05, 0.1) is 31.1 Å². The zero-order valence-electron chi connectivity index (χ0n) is 12.5. The van der Waals surface area contributed by atoms with Crippen LogP contribution in [0.1, 0.15) is 0 Å². The van der Waals surface area contributed by atoms with Crippen molar-refractivity contribution in [3.8, 4) is 0 Å². The van der Waals surface area contributed by atoms with Crippen molar-refractivity contribution in [1.82, 2.24) is 5.32 Å². The average Bonchev–Trinajstić information content (AvgIpc) is 3.22. The van der Waals surface area contributed by atoms with Crippen molar-refractivity contribution in [2.24, 2.45) is 11.8 Å². The molecule has 0 radical (unpaired) electrons. The molecule has 1 spiro atoms. The maximum absolute atomic E-state index is 12.9. The number of fused-ring (bicyclic) bond motifs is 1. The van der Waals surface area contributed by atoms with Crippen LogP contribution in [0.2, 0.25) is 0 Å². The van der Waals surface area contributed by atoms with Crippen molar-refractivity contribution in [1.29, 1.82) is 0 Å². The van der Waals surface area contributed by atoms with Gasteiger partial charge in [0.25, 0.3) is 0 Å². The van der Waals surface area contributed by atoms with Gasteiger partial charge in [0.15, 0.2) is 0 Å². The summed E-state index contributed by atoms with van der Waals surface area (Å²) in [5.74, 6) is -1.35. The second-order valence-electron chi connectivity index (χ2n) is 6.17. The Hall–Kier alpha value is -2.18. The first-order valence-electron chi connectivity index (χ1n) is 7.78. The Morgan fingerprint density at radius 1 is 1.39 bits per heavy atom. The van der Waals surface area contributed by atoms with E-state index in [2.05, 4.69) is 5.32 Å². The molecular weight excluding hydrogens is 296 g/mol. The van der Waals surface area contributed by atoms with Gasteiger partial charge in [-0.15, -0.1) is 0 Å². The minimum absolute atomic E-state index is 0.0767. The Morgan fingerprint density at radius 2 is 2.17 bits per heavy atom. The number of hydrogen-bond acceptors (Lipinski definition) is 4. The normalized spacial score (nSPS) is 34.0. The van der Waals surface area contributed by atoms with Crippen LogP contribution in [0.5, 0.6) is 0 Å². The average molecular weight is 314 g/mol. The van der Waals surface area contributed by atoms with Crippen molar-refractivity contribution in [3.05, 3.63) is 42.5 Å². The van der Waals surface area contributed by atoms with Crippen molar-refractivity contribution in [2.75, 3.05) is 24.6 Å². The van der Waals surface area contributed by atoms with E-state index in [-0.39, 0.29) is 31.1 Å². The zero-order valence-corrected chi connectivity index (χ0v) is 12.5. The van der Waals surface area contributed by atoms with Gasteiger partial charge in [-0.2, -0.15) is 0 Å². The van der Waals surface area contributed by atoms with E-state index in [0.717, 1.165) is 5.69 Å². The number of anilines is 1. The number of para-hydroxylation sites is 1. The first-order valence-corrected chi connectivity index (χ1v) is 7.78. The lowest BCUT2D eigenvalue weighted by molar-refractivity contribution is -0.132. The van der Waals surface area contributed by atoms with E-state index in [0.29, 0.717) is 6.54 Å². The van der Waals surface area contributed by atoms with Gasteiger partial charge < -0.3 is 20.1 Å². The fraction of sp³-hybridized carbons (Fsp3) is 0.412. The van der Waals surface area contributed by atoms with Gasteiger partial charge in [-0.3, -0.25) is 9.59 Å². The molecule has 3 aliphatic heterocycles. The third kappa shape index (κ3) is 2.02. The molecule has 120 valence electrons. The number of aliphatic hydroxyl groups is 1. The highest BCUT2D eigenvalue weighted by Crippen LogP contribution is 2.52. The smallest absolute Gasteiger partial charge is 0.234 e. The molecule has 0 aromatic heterocycles. The number of rotatable bonds is 4. The van der Waals surface area contributed by atoms with E-state index in [1.807, 2.05) is 42.5 Å². The van der Waals surface area contributed by atoms with Crippen LogP contribution in [-0.4, -0.2) is 48.3 Å². The molecule has 0 unspecified atom stereocenters. The highest BCUT2D eigenvalue weighted by atomic mass is 16.5. The standard InChI is InChI=1S/C17H18N2O4/c20-9-8-18-15(21)13-12-6-7-17(23-12)10-19(16(22)14(13)17)11-4-2-1-3-5-11/h1-7,12-14,20H,8-10H2,(H,18,21)/t12-,13+,14-,17-/m0/s1. The summed E-state index contributed by atoms with van der Waals surface area (Å²) in [5.41, 5.74) is 0.106. The summed E-state index contributed by atoms with van der Waals surface area (Å²) in [7, 11) is 0. The molecule has 4 atom stereocenters. The molecular formula is C17H18N2O4. The minimum atomic E-state index is -0.710. The molecule has 6 heteroatoms. The SMILES string of the molecule is O=C(NCCO)[C@@H]1[C@@H]2C=C[C@@]3(CN(c4ccccc4)C(=O)[C@H]13)O2. The fourth-order valence-electron chi connectivity index (χ4n) is 3.92. The van der Waals surface area contributed by atoms with Crippen molar-refractivity contribution in [2.45, 2.75) is 11.7 Å². The molecule has 23 heavy (non-hydrogen) atoms. The highest BCUT2D eigenvalue weighted by Gasteiger charge is 2.66. The van der Waals surface area contributed by atoms with Crippen LogP contribution in [-0.2, 0) is 14.3 Å². The molecule has 6 nitrogen and oxygen atoms in total. The van der Waals surface area contributed by atoms with Crippen LogP contribution in [0.4, 0.5) is 5.69 Å². The number of ether oxygens (including phenoxy) is 1. The Labute approximate surface area is 133 Å². The molecule has 3 heterocycles. The van der Waals surface area contributed by atoms with Crippen molar-refractivity contribution < 1.29 is 19.4 Å². The lowest BCUT2D eigenvalue weighted by Crippen LogP contribution is -2.44. The first kappa shape index (κ1) is 14.4. The molecule has 2 saturated heterocycles. The van der Waals surface area contributed by atoms with E-state index in [1.165, 1.54) is 0 Å². The lowest BCUT2D eigenvalue weighted by Gasteiger charge is -2.23. The number of carbonyl (C=O) groups excluding carboxylic acids is 2. The molecule has 1 aromatic rings. The van der Waals surface area contributed by atoms with Crippen molar-refractivity contribution in [3.63, 3.8) is 0 Å². The van der Waals surface area contributed by atoms with Gasteiger partial charge in [0.2, 0.25) is 11.8 Å².